The molecular formula is C12H19NO2. The number of hydrogen-bond acceptors (Lipinski definition) is 3. The third kappa shape index (κ3) is 2.86. The molecule has 0 aliphatic rings. The van der Waals surface area contributed by atoms with E-state index in [-0.39, 0.29) is 0 Å². The van der Waals surface area contributed by atoms with Gasteiger partial charge in [-0.1, -0.05) is 13.0 Å². The molecule has 1 rings (SSSR count). The van der Waals surface area contributed by atoms with E-state index < -0.39 is 0 Å². The summed E-state index contributed by atoms with van der Waals surface area (Å²) in [6.07, 6.45) is 0.879. The molecule has 84 valence electrons. The van der Waals surface area contributed by atoms with Crippen LogP contribution in [0.25, 0.3) is 0 Å². The van der Waals surface area contributed by atoms with E-state index in [1.54, 1.807) is 14.2 Å². The van der Waals surface area contributed by atoms with E-state index in [4.69, 9.17) is 15.2 Å². The Kier molecular flexibility index (Phi) is 4.43. The second-order valence-electron chi connectivity index (χ2n) is 3.69. The molecule has 1 aromatic rings. The fourth-order valence-corrected chi connectivity index (χ4v) is 1.56. The molecule has 0 saturated heterocycles. The van der Waals surface area contributed by atoms with Crippen LogP contribution in [-0.4, -0.2) is 20.8 Å². The van der Waals surface area contributed by atoms with Gasteiger partial charge in [-0.3, -0.25) is 0 Å². The Balaban J connectivity index is 2.99. The topological polar surface area (TPSA) is 44.5 Å². The molecule has 0 amide bonds. The third-order valence-corrected chi connectivity index (χ3v) is 2.48. The number of hydrogen-bond donors (Lipinski definition) is 1. The van der Waals surface area contributed by atoms with Gasteiger partial charge in [0, 0.05) is 5.56 Å². The lowest BCUT2D eigenvalue weighted by atomic mass is 9.99. The van der Waals surface area contributed by atoms with Gasteiger partial charge in [-0.05, 0) is 31.0 Å². The van der Waals surface area contributed by atoms with E-state index in [0.717, 1.165) is 23.5 Å². The monoisotopic (exact) mass is 209 g/mol. The smallest absolute Gasteiger partial charge is 0.125 e. The van der Waals surface area contributed by atoms with Crippen LogP contribution in [-0.2, 0) is 6.42 Å². The van der Waals surface area contributed by atoms with E-state index in [9.17, 15) is 0 Å². The summed E-state index contributed by atoms with van der Waals surface area (Å²) in [5, 5.41) is 0. The van der Waals surface area contributed by atoms with Crippen LogP contribution in [0.2, 0.25) is 0 Å². The molecule has 0 saturated carbocycles. The molecule has 3 nitrogen and oxygen atoms in total. The summed E-state index contributed by atoms with van der Waals surface area (Å²) in [6, 6.07) is 5.82. The molecule has 0 heterocycles. The molecule has 0 spiro atoms. The van der Waals surface area contributed by atoms with Crippen LogP contribution in [0.3, 0.4) is 0 Å². The Morgan fingerprint density at radius 3 is 2.13 bits per heavy atom. The van der Waals surface area contributed by atoms with E-state index >= 15 is 0 Å². The number of nitrogens with two attached hydrogens (primary N) is 1. The zero-order valence-electron chi connectivity index (χ0n) is 9.62. The van der Waals surface area contributed by atoms with Crippen molar-refractivity contribution < 1.29 is 9.47 Å². The van der Waals surface area contributed by atoms with Crippen LogP contribution in [0.15, 0.2) is 18.2 Å². The number of ether oxygens (including phenoxy) is 2. The molecule has 1 aromatic carbocycles. The standard InChI is InChI=1S/C12H19NO2/c1-9(8-13)7-10-11(14-2)5-4-6-12(10)15-3/h4-6,9H,7-8,13H2,1-3H3. The first-order valence-electron chi connectivity index (χ1n) is 5.12. The van der Waals surface area contributed by atoms with Crippen molar-refractivity contribution in [3.63, 3.8) is 0 Å². The Labute approximate surface area is 91.2 Å². The highest BCUT2D eigenvalue weighted by molar-refractivity contribution is 5.45. The van der Waals surface area contributed by atoms with Crippen molar-refractivity contribution >= 4 is 0 Å². The lowest BCUT2D eigenvalue weighted by Crippen LogP contribution is -2.14. The molecule has 1 unspecified atom stereocenters. The molecule has 0 aromatic heterocycles. The van der Waals surface area contributed by atoms with E-state index in [2.05, 4.69) is 6.92 Å². The molecule has 15 heavy (non-hydrogen) atoms. The van der Waals surface area contributed by atoms with Crippen LogP contribution in [0.4, 0.5) is 0 Å². The highest BCUT2D eigenvalue weighted by Crippen LogP contribution is 2.30. The maximum Gasteiger partial charge on any atom is 0.125 e. The third-order valence-electron chi connectivity index (χ3n) is 2.48. The van der Waals surface area contributed by atoms with Gasteiger partial charge in [-0.15, -0.1) is 0 Å². The Morgan fingerprint density at radius 2 is 1.73 bits per heavy atom. The van der Waals surface area contributed by atoms with Gasteiger partial charge in [0.1, 0.15) is 11.5 Å². The van der Waals surface area contributed by atoms with Crippen molar-refractivity contribution in [2.75, 3.05) is 20.8 Å². The van der Waals surface area contributed by atoms with Gasteiger partial charge in [-0.2, -0.15) is 0 Å². The second-order valence-corrected chi connectivity index (χ2v) is 3.69. The summed E-state index contributed by atoms with van der Waals surface area (Å²) in [6.45, 7) is 2.78. The summed E-state index contributed by atoms with van der Waals surface area (Å²) < 4.78 is 10.6. The second kappa shape index (κ2) is 5.61. The Bertz CT molecular complexity index is 290. The van der Waals surface area contributed by atoms with Gasteiger partial charge in [-0.25, -0.2) is 0 Å². The minimum atomic E-state index is 0.426. The SMILES string of the molecule is COc1cccc(OC)c1CC(C)CN. The Hall–Kier alpha value is -1.22. The first-order valence-corrected chi connectivity index (χ1v) is 5.12. The maximum atomic E-state index is 5.62. The molecule has 3 heteroatoms. The van der Waals surface area contributed by atoms with Crippen molar-refractivity contribution in [1.29, 1.82) is 0 Å². The highest BCUT2D eigenvalue weighted by atomic mass is 16.5. The first-order chi connectivity index (χ1) is 7.22. The normalized spacial score (nSPS) is 12.3. The van der Waals surface area contributed by atoms with Crippen molar-refractivity contribution in [3.05, 3.63) is 23.8 Å². The van der Waals surface area contributed by atoms with Gasteiger partial charge in [0.25, 0.3) is 0 Å². The van der Waals surface area contributed by atoms with Crippen LogP contribution in [0.5, 0.6) is 11.5 Å². The van der Waals surface area contributed by atoms with Crippen molar-refractivity contribution in [1.82, 2.24) is 0 Å². The van der Waals surface area contributed by atoms with Gasteiger partial charge < -0.3 is 15.2 Å². The van der Waals surface area contributed by atoms with Crippen LogP contribution in [0.1, 0.15) is 12.5 Å². The van der Waals surface area contributed by atoms with E-state index in [1.165, 1.54) is 0 Å². The summed E-state index contributed by atoms with van der Waals surface area (Å²) in [5.74, 6) is 2.17. The fraction of sp³-hybridized carbons (Fsp3) is 0.500. The highest BCUT2D eigenvalue weighted by Gasteiger charge is 2.12. The largest absolute Gasteiger partial charge is 0.496 e. The molecule has 2 N–H and O–H groups in total. The molecule has 0 aliphatic heterocycles. The van der Waals surface area contributed by atoms with Gasteiger partial charge in [0.2, 0.25) is 0 Å². The summed E-state index contributed by atoms with van der Waals surface area (Å²) >= 11 is 0. The first kappa shape index (κ1) is 11.9. The number of methoxy groups -OCH3 is 2. The quantitative estimate of drug-likeness (QED) is 0.804. The molecule has 0 aliphatic carbocycles. The van der Waals surface area contributed by atoms with Gasteiger partial charge >= 0.3 is 0 Å². The van der Waals surface area contributed by atoms with Crippen molar-refractivity contribution in [2.24, 2.45) is 11.7 Å². The summed E-state index contributed by atoms with van der Waals surface area (Å²) in [7, 11) is 3.34. The molecule has 0 bridgehead atoms. The maximum absolute atomic E-state index is 5.62. The van der Waals surface area contributed by atoms with Crippen LogP contribution >= 0.6 is 0 Å². The minimum Gasteiger partial charge on any atom is -0.496 e. The van der Waals surface area contributed by atoms with E-state index in [1.807, 2.05) is 18.2 Å². The number of benzene rings is 1. The van der Waals surface area contributed by atoms with Gasteiger partial charge in [0.15, 0.2) is 0 Å². The molecule has 0 fully saturated rings. The number of rotatable bonds is 5. The average Bonchev–Trinajstić information content (AvgIpc) is 2.29. The summed E-state index contributed by atoms with van der Waals surface area (Å²) in [4.78, 5) is 0. The molecule has 0 radical (unpaired) electrons. The molecular weight excluding hydrogens is 190 g/mol. The van der Waals surface area contributed by atoms with E-state index in [0.29, 0.717) is 12.5 Å². The van der Waals surface area contributed by atoms with Crippen LogP contribution < -0.4 is 15.2 Å². The van der Waals surface area contributed by atoms with Crippen molar-refractivity contribution in [3.8, 4) is 11.5 Å². The lowest BCUT2D eigenvalue weighted by Gasteiger charge is -2.15. The lowest BCUT2D eigenvalue weighted by molar-refractivity contribution is 0.380. The molecule has 1 atom stereocenters. The zero-order chi connectivity index (χ0) is 11.3. The van der Waals surface area contributed by atoms with Crippen molar-refractivity contribution in [2.45, 2.75) is 13.3 Å². The average molecular weight is 209 g/mol. The minimum absolute atomic E-state index is 0.426. The zero-order valence-corrected chi connectivity index (χ0v) is 9.62. The fourth-order valence-electron chi connectivity index (χ4n) is 1.56. The van der Waals surface area contributed by atoms with Crippen LogP contribution in [0, 0.1) is 5.92 Å². The Morgan fingerprint density at radius 1 is 1.20 bits per heavy atom. The van der Waals surface area contributed by atoms with Gasteiger partial charge in [0.05, 0.1) is 14.2 Å². The predicted molar refractivity (Wildman–Crippen MR) is 61.5 cm³/mol. The summed E-state index contributed by atoms with van der Waals surface area (Å²) in [5.41, 5.74) is 6.72. The predicted octanol–water partition coefficient (Wildman–Crippen LogP) is 1.84.